The normalized spacial score (nSPS) is 14.7. The first-order chi connectivity index (χ1) is 29.3. The van der Waals surface area contributed by atoms with Gasteiger partial charge in [-0.3, -0.25) is 28.8 Å². The minimum atomic E-state index is -1.28. The van der Waals surface area contributed by atoms with Crippen LogP contribution in [-0.4, -0.2) is 88.8 Å². The van der Waals surface area contributed by atoms with Crippen molar-refractivity contribution in [2.24, 2.45) is 29.4 Å². The summed E-state index contributed by atoms with van der Waals surface area (Å²) in [5, 5.41) is 26.4. The number of carbonyl (C=O) groups excluding carboxylic acids is 6. The third kappa shape index (κ3) is 15.7. The topological polar surface area (TPSA) is 238 Å². The zero-order valence-corrected chi connectivity index (χ0v) is 37.0. The van der Waals surface area contributed by atoms with Gasteiger partial charge in [-0.2, -0.15) is 0 Å². The van der Waals surface area contributed by atoms with E-state index in [1.54, 1.807) is 116 Å². The highest BCUT2D eigenvalue weighted by Crippen LogP contribution is 2.13. The molecule has 7 atom stereocenters. The van der Waals surface area contributed by atoms with Crippen LogP contribution in [0.4, 0.5) is 0 Å². The second-order valence-electron chi connectivity index (χ2n) is 17.1. The molecule has 0 saturated heterocycles. The minimum Gasteiger partial charge on any atom is -0.480 e. The van der Waals surface area contributed by atoms with Crippen molar-refractivity contribution < 1.29 is 38.7 Å². The number of amides is 6. The summed E-state index contributed by atoms with van der Waals surface area (Å²) in [6.45, 7) is 13.9. The molecule has 6 amide bonds. The van der Waals surface area contributed by atoms with E-state index in [0.29, 0.717) is 11.1 Å². The molecular formula is C47H65N7O8. The molecule has 62 heavy (non-hydrogen) atoms. The van der Waals surface area contributed by atoms with Gasteiger partial charge in [-0.25, -0.2) is 4.79 Å². The van der Waals surface area contributed by atoms with E-state index in [1.807, 2.05) is 30.3 Å². The maximum absolute atomic E-state index is 14.0. The molecule has 0 fully saturated rings. The zero-order chi connectivity index (χ0) is 46.1. The van der Waals surface area contributed by atoms with Crippen LogP contribution in [0.5, 0.6) is 0 Å². The molecule has 3 aromatic carbocycles. The van der Waals surface area contributed by atoms with Crippen LogP contribution >= 0.6 is 0 Å². The van der Waals surface area contributed by atoms with Gasteiger partial charge in [-0.05, 0) is 40.4 Å². The summed E-state index contributed by atoms with van der Waals surface area (Å²) < 4.78 is 0. The predicted octanol–water partition coefficient (Wildman–Crippen LogP) is 2.66. The third-order valence-corrected chi connectivity index (χ3v) is 10.5. The first-order valence-corrected chi connectivity index (χ1v) is 21.2. The van der Waals surface area contributed by atoms with E-state index < -0.39 is 101 Å². The number of aliphatic carboxylic acids is 1. The Bertz CT molecular complexity index is 1940. The van der Waals surface area contributed by atoms with E-state index >= 15 is 0 Å². The Morgan fingerprint density at radius 2 is 0.677 bits per heavy atom. The van der Waals surface area contributed by atoms with Crippen molar-refractivity contribution >= 4 is 41.4 Å². The van der Waals surface area contributed by atoms with Gasteiger partial charge < -0.3 is 42.7 Å². The zero-order valence-electron chi connectivity index (χ0n) is 37.0. The molecule has 9 N–H and O–H groups in total. The summed E-state index contributed by atoms with van der Waals surface area (Å²) in [5.74, 6) is -6.72. The van der Waals surface area contributed by atoms with Gasteiger partial charge in [0.25, 0.3) is 0 Å². The number of carboxylic acids is 1. The van der Waals surface area contributed by atoms with Crippen molar-refractivity contribution in [3.63, 3.8) is 0 Å². The Labute approximate surface area is 365 Å². The third-order valence-electron chi connectivity index (χ3n) is 10.5. The fourth-order valence-electron chi connectivity index (χ4n) is 6.62. The van der Waals surface area contributed by atoms with Gasteiger partial charge in [-0.1, -0.05) is 146 Å². The highest BCUT2D eigenvalue weighted by atomic mass is 16.4. The predicted molar refractivity (Wildman–Crippen MR) is 237 cm³/mol. The van der Waals surface area contributed by atoms with Crippen LogP contribution in [0.1, 0.15) is 72.1 Å². The molecule has 0 aromatic heterocycles. The molecule has 3 rings (SSSR count). The van der Waals surface area contributed by atoms with Crippen molar-refractivity contribution in [2.75, 3.05) is 0 Å². The maximum Gasteiger partial charge on any atom is 0.326 e. The van der Waals surface area contributed by atoms with Crippen LogP contribution in [0.25, 0.3) is 0 Å². The largest absolute Gasteiger partial charge is 0.480 e. The molecule has 336 valence electrons. The molecule has 0 saturated carbocycles. The van der Waals surface area contributed by atoms with Gasteiger partial charge in [0.2, 0.25) is 35.4 Å². The Morgan fingerprint density at radius 1 is 0.403 bits per heavy atom. The van der Waals surface area contributed by atoms with E-state index in [9.17, 15) is 38.7 Å². The first-order valence-electron chi connectivity index (χ1n) is 21.2. The number of carbonyl (C=O) groups is 7. The molecule has 0 spiro atoms. The SMILES string of the molecule is CC(C)[C@@H](N)C(=O)N[C@@H](Cc1ccccc1)C(=O)N[C@@H](C(=O)N[C@@H](C(=O)N[C@@H](C(=O)N[C@@H](Cc1ccccc1)C(=O)N[C@H](Cc1ccccc1)C(=O)O)C(C)C)C(C)C)C(C)C. The molecule has 0 radical (unpaired) electrons. The quantitative estimate of drug-likeness (QED) is 0.0699. The number of hydrogen-bond donors (Lipinski definition) is 8. The van der Waals surface area contributed by atoms with Crippen molar-refractivity contribution in [1.29, 1.82) is 0 Å². The molecule has 0 bridgehead atoms. The van der Waals surface area contributed by atoms with Gasteiger partial charge in [0, 0.05) is 19.3 Å². The van der Waals surface area contributed by atoms with Crippen LogP contribution in [0.15, 0.2) is 91.0 Å². The van der Waals surface area contributed by atoms with Gasteiger partial charge in [0.15, 0.2) is 0 Å². The Kier molecular flexibility index (Phi) is 19.8. The highest BCUT2D eigenvalue weighted by molar-refractivity contribution is 5.97. The second-order valence-corrected chi connectivity index (χ2v) is 17.1. The lowest BCUT2D eigenvalue weighted by Crippen LogP contribution is -2.62. The number of rotatable bonds is 23. The van der Waals surface area contributed by atoms with Gasteiger partial charge in [-0.15, -0.1) is 0 Å². The Balaban J connectivity index is 1.80. The fourth-order valence-corrected chi connectivity index (χ4v) is 6.62. The van der Waals surface area contributed by atoms with Crippen molar-refractivity contribution in [3.8, 4) is 0 Å². The van der Waals surface area contributed by atoms with Crippen molar-refractivity contribution in [2.45, 2.75) is 117 Å². The van der Waals surface area contributed by atoms with Crippen molar-refractivity contribution in [3.05, 3.63) is 108 Å². The lowest BCUT2D eigenvalue weighted by atomic mass is 9.97. The first kappa shape index (κ1) is 50.3. The number of carboxylic acid groups (broad SMARTS) is 1. The number of hydrogen-bond acceptors (Lipinski definition) is 8. The molecule has 0 aliphatic carbocycles. The van der Waals surface area contributed by atoms with E-state index in [-0.39, 0.29) is 25.2 Å². The highest BCUT2D eigenvalue weighted by Gasteiger charge is 2.36. The fraction of sp³-hybridized carbons (Fsp3) is 0.468. The lowest BCUT2D eigenvalue weighted by molar-refractivity contribution is -0.142. The van der Waals surface area contributed by atoms with Crippen LogP contribution in [0.3, 0.4) is 0 Å². The molecule has 3 aromatic rings. The molecule has 0 aliphatic rings. The van der Waals surface area contributed by atoms with Gasteiger partial charge in [0.05, 0.1) is 6.04 Å². The van der Waals surface area contributed by atoms with Gasteiger partial charge >= 0.3 is 5.97 Å². The van der Waals surface area contributed by atoms with Crippen LogP contribution < -0.4 is 37.6 Å². The summed E-state index contributed by atoms with van der Waals surface area (Å²) in [5.41, 5.74) is 8.27. The summed E-state index contributed by atoms with van der Waals surface area (Å²) in [4.78, 5) is 94.9. The molecule has 0 heterocycles. The van der Waals surface area contributed by atoms with Crippen LogP contribution in [0, 0.1) is 23.7 Å². The number of benzene rings is 3. The van der Waals surface area contributed by atoms with E-state index in [0.717, 1.165) is 5.56 Å². The van der Waals surface area contributed by atoms with E-state index in [1.165, 1.54) is 0 Å². The standard InChI is InChI=1S/C47H65N7O8/c1-27(2)37(48)43(57)49-35(25-32-20-14-10-15-21-32)42(56)52-39(29(5)6)45(59)54-40(30(7)8)46(60)53-38(28(3)4)44(58)50-34(24-31-18-12-9-13-19-31)41(55)51-36(47(61)62)26-33-22-16-11-17-23-33/h9-23,27-30,34-40H,24-26,48H2,1-8H3,(H,49,57)(H,50,58)(H,51,55)(H,52,56)(H,53,60)(H,54,59)(H,61,62)/t34-,35-,36+,37+,38+,39+,40+/m0/s1. The van der Waals surface area contributed by atoms with Gasteiger partial charge in [0.1, 0.15) is 36.3 Å². The Hall–Kier alpha value is -6.09. The average molecular weight is 856 g/mol. The molecule has 0 aliphatic heterocycles. The number of nitrogens with one attached hydrogen (secondary N) is 6. The van der Waals surface area contributed by atoms with E-state index in [4.69, 9.17) is 5.73 Å². The Morgan fingerprint density at radius 3 is 1.00 bits per heavy atom. The van der Waals surface area contributed by atoms with Crippen molar-refractivity contribution in [1.82, 2.24) is 31.9 Å². The summed E-state index contributed by atoms with van der Waals surface area (Å²) in [6, 6.07) is 18.9. The second kappa shape index (κ2) is 24.4. The monoisotopic (exact) mass is 855 g/mol. The average Bonchev–Trinajstić information content (AvgIpc) is 3.23. The van der Waals surface area contributed by atoms with E-state index in [2.05, 4.69) is 31.9 Å². The van der Waals surface area contributed by atoms with Crippen LogP contribution in [0.2, 0.25) is 0 Å². The lowest BCUT2D eigenvalue weighted by Gasteiger charge is -2.31. The summed E-state index contributed by atoms with van der Waals surface area (Å²) >= 11 is 0. The smallest absolute Gasteiger partial charge is 0.326 e. The molecule has 15 nitrogen and oxygen atoms in total. The molecule has 15 heteroatoms. The minimum absolute atomic E-state index is 0.0140. The maximum atomic E-state index is 14.0. The summed E-state index contributed by atoms with van der Waals surface area (Å²) in [7, 11) is 0. The molecular weight excluding hydrogens is 791 g/mol. The number of nitrogens with two attached hydrogens (primary N) is 1. The van der Waals surface area contributed by atoms with Crippen LogP contribution in [-0.2, 0) is 52.8 Å². The summed E-state index contributed by atoms with van der Waals surface area (Å²) in [6.07, 6.45) is 0.176. The molecule has 0 unspecified atom stereocenters.